The Morgan fingerprint density at radius 2 is 2.21 bits per heavy atom. The Labute approximate surface area is 80.2 Å². The number of aliphatic carboxylic acids is 1. The Balaban J connectivity index is 3.12. The van der Waals surface area contributed by atoms with E-state index in [2.05, 4.69) is 0 Å². The molecule has 0 fully saturated rings. The number of carboxylic acids is 1. The van der Waals surface area contributed by atoms with Gasteiger partial charge in [0.05, 0.1) is 11.5 Å². The molecule has 0 heterocycles. The van der Waals surface area contributed by atoms with E-state index in [0.29, 0.717) is 11.8 Å². The monoisotopic (exact) mass is 196 g/mol. The molecule has 0 aromatic heterocycles. The molecule has 0 saturated heterocycles. The largest absolute Gasteiger partial charge is 0.481 e. The highest BCUT2D eigenvalue weighted by Crippen LogP contribution is 2.17. The van der Waals surface area contributed by atoms with E-state index in [9.17, 15) is 14.0 Å². The minimum absolute atomic E-state index is 0.115. The molecule has 0 bridgehead atoms. The van der Waals surface area contributed by atoms with Crippen LogP contribution in [-0.4, -0.2) is 17.4 Å². The van der Waals surface area contributed by atoms with Gasteiger partial charge in [0, 0.05) is 0 Å². The van der Waals surface area contributed by atoms with Crippen LogP contribution < -0.4 is 0 Å². The number of benzene rings is 1. The number of hydrogen-bond acceptors (Lipinski definition) is 2. The summed E-state index contributed by atoms with van der Waals surface area (Å²) >= 11 is 0. The average Bonchev–Trinajstić information content (AvgIpc) is 2.17. The average molecular weight is 196 g/mol. The summed E-state index contributed by atoms with van der Waals surface area (Å²) in [4.78, 5) is 21.0. The topological polar surface area (TPSA) is 54.4 Å². The summed E-state index contributed by atoms with van der Waals surface area (Å²) < 4.78 is 12.9. The SMILES string of the molecule is CC(C(=O)O)c1ccc(F)c(C=O)c1. The number of carbonyl (C=O) groups is 2. The maximum Gasteiger partial charge on any atom is 0.310 e. The van der Waals surface area contributed by atoms with Crippen LogP contribution in [0.2, 0.25) is 0 Å². The van der Waals surface area contributed by atoms with Crippen molar-refractivity contribution in [3.8, 4) is 0 Å². The zero-order valence-corrected chi connectivity index (χ0v) is 7.53. The molecule has 14 heavy (non-hydrogen) atoms. The highest BCUT2D eigenvalue weighted by molar-refractivity contribution is 5.79. The first kappa shape index (κ1) is 10.4. The second-order valence-corrected chi connectivity index (χ2v) is 2.96. The van der Waals surface area contributed by atoms with Gasteiger partial charge in [-0.2, -0.15) is 0 Å². The third-order valence-corrected chi connectivity index (χ3v) is 2.02. The summed E-state index contributed by atoms with van der Waals surface area (Å²) in [6.45, 7) is 1.48. The van der Waals surface area contributed by atoms with E-state index in [-0.39, 0.29) is 5.56 Å². The smallest absolute Gasteiger partial charge is 0.310 e. The zero-order chi connectivity index (χ0) is 10.7. The Morgan fingerprint density at radius 3 is 2.71 bits per heavy atom. The van der Waals surface area contributed by atoms with Gasteiger partial charge in [0.1, 0.15) is 5.82 Å². The number of carbonyl (C=O) groups excluding carboxylic acids is 1. The lowest BCUT2D eigenvalue weighted by molar-refractivity contribution is -0.138. The lowest BCUT2D eigenvalue weighted by Crippen LogP contribution is -2.08. The van der Waals surface area contributed by atoms with Gasteiger partial charge in [0.2, 0.25) is 0 Å². The molecule has 0 aliphatic heterocycles. The van der Waals surface area contributed by atoms with E-state index in [0.717, 1.165) is 6.07 Å². The van der Waals surface area contributed by atoms with Gasteiger partial charge in [0.25, 0.3) is 0 Å². The van der Waals surface area contributed by atoms with Crippen molar-refractivity contribution in [2.75, 3.05) is 0 Å². The predicted molar refractivity (Wildman–Crippen MR) is 47.8 cm³/mol. The molecule has 1 atom stereocenters. The lowest BCUT2D eigenvalue weighted by Gasteiger charge is -2.06. The highest BCUT2D eigenvalue weighted by atomic mass is 19.1. The van der Waals surface area contributed by atoms with Crippen molar-refractivity contribution in [2.45, 2.75) is 12.8 Å². The van der Waals surface area contributed by atoms with E-state index in [1.165, 1.54) is 19.1 Å². The van der Waals surface area contributed by atoms with E-state index in [1.54, 1.807) is 0 Å². The van der Waals surface area contributed by atoms with Crippen LogP contribution in [0.4, 0.5) is 4.39 Å². The van der Waals surface area contributed by atoms with Crippen molar-refractivity contribution in [1.29, 1.82) is 0 Å². The molecule has 1 unspecified atom stereocenters. The molecule has 3 nitrogen and oxygen atoms in total. The molecular formula is C10H9FO3. The van der Waals surface area contributed by atoms with Crippen LogP contribution in [-0.2, 0) is 4.79 Å². The molecule has 1 N–H and O–H groups in total. The fourth-order valence-corrected chi connectivity index (χ4v) is 1.06. The third kappa shape index (κ3) is 1.96. The molecule has 0 aliphatic rings. The first-order valence-electron chi connectivity index (χ1n) is 4.03. The minimum Gasteiger partial charge on any atom is -0.481 e. The van der Waals surface area contributed by atoms with Crippen molar-refractivity contribution in [2.24, 2.45) is 0 Å². The molecule has 1 aromatic carbocycles. The van der Waals surface area contributed by atoms with E-state index >= 15 is 0 Å². The number of halogens is 1. The maximum absolute atomic E-state index is 12.9. The van der Waals surface area contributed by atoms with Gasteiger partial charge in [-0.3, -0.25) is 9.59 Å². The normalized spacial score (nSPS) is 12.1. The highest BCUT2D eigenvalue weighted by Gasteiger charge is 2.14. The Kier molecular flexibility index (Phi) is 2.96. The second kappa shape index (κ2) is 4.00. The first-order valence-corrected chi connectivity index (χ1v) is 4.03. The van der Waals surface area contributed by atoms with Gasteiger partial charge < -0.3 is 5.11 Å². The van der Waals surface area contributed by atoms with Gasteiger partial charge in [0.15, 0.2) is 6.29 Å². The molecule has 4 heteroatoms. The van der Waals surface area contributed by atoms with Crippen LogP contribution in [0.15, 0.2) is 18.2 Å². The van der Waals surface area contributed by atoms with Gasteiger partial charge in [-0.1, -0.05) is 6.07 Å². The Bertz CT molecular complexity index is 374. The van der Waals surface area contributed by atoms with Gasteiger partial charge in [-0.05, 0) is 24.6 Å². The quantitative estimate of drug-likeness (QED) is 0.750. The summed E-state index contributed by atoms with van der Waals surface area (Å²) in [6.07, 6.45) is 0.368. The number of rotatable bonds is 3. The van der Waals surface area contributed by atoms with Crippen LogP contribution >= 0.6 is 0 Å². The van der Waals surface area contributed by atoms with Crippen molar-refractivity contribution in [3.05, 3.63) is 35.1 Å². The Morgan fingerprint density at radius 1 is 1.57 bits per heavy atom. The summed E-state index contributed by atoms with van der Waals surface area (Å²) in [7, 11) is 0. The molecule has 74 valence electrons. The number of carboxylic acid groups (broad SMARTS) is 1. The van der Waals surface area contributed by atoms with Crippen LogP contribution in [0.25, 0.3) is 0 Å². The minimum atomic E-state index is -1.01. The predicted octanol–water partition coefficient (Wildman–Crippen LogP) is 1.83. The van der Waals surface area contributed by atoms with Crippen LogP contribution in [0.5, 0.6) is 0 Å². The van der Waals surface area contributed by atoms with Crippen molar-refractivity contribution < 1.29 is 19.1 Å². The summed E-state index contributed by atoms with van der Waals surface area (Å²) in [6, 6.07) is 3.71. The molecule has 0 spiro atoms. The lowest BCUT2D eigenvalue weighted by atomic mass is 9.99. The summed E-state index contributed by atoms with van der Waals surface area (Å²) in [5.41, 5.74) is 0.302. The second-order valence-electron chi connectivity index (χ2n) is 2.96. The van der Waals surface area contributed by atoms with Crippen LogP contribution in [0.1, 0.15) is 28.8 Å². The molecular weight excluding hydrogens is 187 g/mol. The van der Waals surface area contributed by atoms with Crippen LogP contribution in [0, 0.1) is 5.82 Å². The van der Waals surface area contributed by atoms with Crippen molar-refractivity contribution in [3.63, 3.8) is 0 Å². The third-order valence-electron chi connectivity index (χ3n) is 2.02. The van der Waals surface area contributed by atoms with Gasteiger partial charge in [-0.15, -0.1) is 0 Å². The van der Waals surface area contributed by atoms with Gasteiger partial charge in [-0.25, -0.2) is 4.39 Å². The molecule has 0 saturated carbocycles. The van der Waals surface area contributed by atoms with E-state index in [1.807, 2.05) is 0 Å². The number of hydrogen-bond donors (Lipinski definition) is 1. The molecule has 0 radical (unpaired) electrons. The number of aldehydes is 1. The molecule has 0 amide bonds. The summed E-state index contributed by atoms with van der Waals surface area (Å²) in [5, 5.41) is 8.69. The van der Waals surface area contributed by atoms with Crippen LogP contribution in [0.3, 0.4) is 0 Å². The Hall–Kier alpha value is -1.71. The molecule has 0 aliphatic carbocycles. The molecule has 1 rings (SSSR count). The fourth-order valence-electron chi connectivity index (χ4n) is 1.06. The summed E-state index contributed by atoms with van der Waals surface area (Å²) in [5.74, 6) is -2.39. The van der Waals surface area contributed by atoms with E-state index in [4.69, 9.17) is 5.11 Å². The first-order chi connectivity index (χ1) is 6.56. The van der Waals surface area contributed by atoms with E-state index < -0.39 is 17.7 Å². The van der Waals surface area contributed by atoms with Gasteiger partial charge >= 0.3 is 5.97 Å². The fraction of sp³-hybridized carbons (Fsp3) is 0.200. The maximum atomic E-state index is 12.9. The zero-order valence-electron chi connectivity index (χ0n) is 7.53. The van der Waals surface area contributed by atoms with Crippen molar-refractivity contribution >= 4 is 12.3 Å². The standard InChI is InChI=1S/C10H9FO3/c1-6(10(13)14)7-2-3-9(11)8(4-7)5-12/h2-6H,1H3,(H,13,14). The molecule has 1 aromatic rings. The van der Waals surface area contributed by atoms with Crippen molar-refractivity contribution in [1.82, 2.24) is 0 Å².